The summed E-state index contributed by atoms with van der Waals surface area (Å²) in [6.07, 6.45) is 9.49. The van der Waals surface area contributed by atoms with E-state index in [2.05, 4.69) is 20.9 Å². The van der Waals surface area contributed by atoms with Crippen molar-refractivity contribution in [2.45, 2.75) is 64.0 Å². The molecule has 4 bridgehead atoms. The Morgan fingerprint density at radius 3 is 2.41 bits per heavy atom. The van der Waals surface area contributed by atoms with Crippen LogP contribution in [0.3, 0.4) is 0 Å². The molecule has 3 amide bonds. The van der Waals surface area contributed by atoms with Gasteiger partial charge in [0, 0.05) is 24.7 Å². The maximum atomic E-state index is 12.4. The van der Waals surface area contributed by atoms with Crippen LogP contribution in [0, 0.1) is 24.7 Å². The first-order chi connectivity index (χ1) is 13.0. The van der Waals surface area contributed by atoms with Crippen molar-refractivity contribution < 1.29 is 9.59 Å². The van der Waals surface area contributed by atoms with Crippen LogP contribution in [-0.4, -0.2) is 29.0 Å². The molecule has 4 aliphatic rings. The van der Waals surface area contributed by atoms with E-state index in [-0.39, 0.29) is 23.9 Å². The fourth-order valence-corrected chi connectivity index (χ4v) is 5.81. The number of aryl methyl sites for hydroxylation is 1. The summed E-state index contributed by atoms with van der Waals surface area (Å²) in [5, 5.41) is 9.01. The highest BCUT2D eigenvalue weighted by molar-refractivity contribution is 5.78. The Bertz CT molecular complexity index is 683. The van der Waals surface area contributed by atoms with Gasteiger partial charge in [0.1, 0.15) is 0 Å². The molecule has 5 rings (SSSR count). The molecule has 0 aromatic carbocycles. The van der Waals surface area contributed by atoms with E-state index >= 15 is 0 Å². The van der Waals surface area contributed by atoms with Crippen LogP contribution in [0.1, 0.15) is 56.2 Å². The summed E-state index contributed by atoms with van der Waals surface area (Å²) in [7, 11) is 0. The van der Waals surface area contributed by atoms with E-state index in [9.17, 15) is 9.59 Å². The average molecular weight is 370 g/mol. The van der Waals surface area contributed by atoms with E-state index in [0.717, 1.165) is 48.3 Å². The van der Waals surface area contributed by atoms with Crippen LogP contribution in [0.4, 0.5) is 4.79 Å². The number of hydrogen-bond donors (Lipinski definition) is 3. The smallest absolute Gasteiger partial charge is 0.315 e. The molecule has 0 atom stereocenters. The van der Waals surface area contributed by atoms with Crippen molar-refractivity contribution in [3.05, 3.63) is 29.6 Å². The highest BCUT2D eigenvalue weighted by Crippen LogP contribution is 2.55. The molecule has 4 aliphatic carbocycles. The molecule has 0 aliphatic heterocycles. The van der Waals surface area contributed by atoms with Crippen molar-refractivity contribution in [3.8, 4) is 0 Å². The molecule has 146 valence electrons. The summed E-state index contributed by atoms with van der Waals surface area (Å²) in [6.45, 7) is 2.75. The minimum atomic E-state index is -0.120. The molecule has 1 aromatic heterocycles. The Hall–Kier alpha value is -2.11. The lowest BCUT2D eigenvalue weighted by atomic mass is 9.53. The van der Waals surface area contributed by atoms with Crippen molar-refractivity contribution in [1.29, 1.82) is 0 Å². The summed E-state index contributed by atoms with van der Waals surface area (Å²) in [4.78, 5) is 28.6. The quantitative estimate of drug-likeness (QED) is 0.720. The molecule has 1 heterocycles. The van der Waals surface area contributed by atoms with Crippen molar-refractivity contribution in [3.63, 3.8) is 0 Å². The Morgan fingerprint density at radius 1 is 1.11 bits per heavy atom. The van der Waals surface area contributed by atoms with Crippen LogP contribution in [0.15, 0.2) is 18.3 Å². The number of amides is 3. The van der Waals surface area contributed by atoms with Crippen LogP contribution >= 0.6 is 0 Å². The number of carbonyl (C=O) groups is 2. The molecule has 0 radical (unpaired) electrons. The number of nitrogens with one attached hydrogen (secondary N) is 3. The van der Waals surface area contributed by atoms with Gasteiger partial charge in [-0.05, 0) is 74.8 Å². The van der Waals surface area contributed by atoms with Crippen LogP contribution < -0.4 is 16.0 Å². The highest BCUT2D eigenvalue weighted by Gasteiger charge is 2.51. The van der Waals surface area contributed by atoms with Gasteiger partial charge in [0.05, 0.1) is 12.2 Å². The van der Waals surface area contributed by atoms with Crippen LogP contribution in [0.2, 0.25) is 0 Å². The van der Waals surface area contributed by atoms with E-state index in [1.165, 1.54) is 19.3 Å². The van der Waals surface area contributed by atoms with Crippen LogP contribution in [-0.2, 0) is 11.3 Å². The maximum Gasteiger partial charge on any atom is 0.315 e. The molecule has 6 nitrogen and oxygen atoms in total. The van der Waals surface area contributed by atoms with Crippen LogP contribution in [0.25, 0.3) is 0 Å². The fourth-order valence-electron chi connectivity index (χ4n) is 5.81. The maximum absolute atomic E-state index is 12.4. The third-order valence-electron chi connectivity index (χ3n) is 6.63. The summed E-state index contributed by atoms with van der Waals surface area (Å²) in [6, 6.07) is 3.74. The molecule has 1 aromatic rings. The lowest BCUT2D eigenvalue weighted by molar-refractivity contribution is -0.121. The molecule has 0 unspecified atom stereocenters. The SMILES string of the molecule is Cc1cccnc1CNC(=O)CCNC(=O)NC12CC3CC(CC(C3)C1)C2. The number of nitrogens with zero attached hydrogens (tertiary/aromatic N) is 1. The third kappa shape index (κ3) is 4.25. The number of carbonyl (C=O) groups excluding carboxylic acids is 2. The normalized spacial score (nSPS) is 30.8. The zero-order valence-electron chi connectivity index (χ0n) is 16.1. The van der Waals surface area contributed by atoms with E-state index < -0.39 is 0 Å². The second-order valence-corrected chi connectivity index (χ2v) is 8.87. The van der Waals surface area contributed by atoms with Crippen molar-refractivity contribution >= 4 is 11.9 Å². The lowest BCUT2D eigenvalue weighted by Gasteiger charge is -2.56. The van der Waals surface area contributed by atoms with Crippen molar-refractivity contribution in [2.24, 2.45) is 17.8 Å². The molecule has 0 spiro atoms. The van der Waals surface area contributed by atoms with Gasteiger partial charge in [-0.2, -0.15) is 0 Å². The Morgan fingerprint density at radius 2 is 1.78 bits per heavy atom. The summed E-state index contributed by atoms with van der Waals surface area (Å²) in [5.74, 6) is 2.34. The van der Waals surface area contributed by atoms with Gasteiger partial charge >= 0.3 is 6.03 Å². The third-order valence-corrected chi connectivity index (χ3v) is 6.63. The van der Waals surface area contributed by atoms with Gasteiger partial charge in [0.25, 0.3) is 0 Å². The van der Waals surface area contributed by atoms with Gasteiger partial charge in [-0.1, -0.05) is 6.07 Å². The van der Waals surface area contributed by atoms with Gasteiger partial charge in [0.15, 0.2) is 0 Å². The zero-order chi connectivity index (χ0) is 18.9. The Balaban J connectivity index is 1.18. The number of aromatic nitrogens is 1. The standard InChI is InChI=1S/C21H30N4O2/c1-14-3-2-5-22-18(14)13-24-19(26)4-6-23-20(27)25-21-10-15-7-16(11-21)9-17(8-15)12-21/h2-3,5,15-17H,4,6-13H2,1H3,(H,24,26)(H2,23,25,27). The highest BCUT2D eigenvalue weighted by atomic mass is 16.2. The van der Waals surface area contributed by atoms with E-state index in [4.69, 9.17) is 0 Å². The number of pyridine rings is 1. The van der Waals surface area contributed by atoms with Gasteiger partial charge in [-0.15, -0.1) is 0 Å². The molecular weight excluding hydrogens is 340 g/mol. The predicted octanol–water partition coefficient (Wildman–Crippen LogP) is 2.66. The number of hydrogen-bond acceptors (Lipinski definition) is 3. The summed E-state index contributed by atoms with van der Waals surface area (Å²) in [5.41, 5.74) is 1.95. The first-order valence-electron chi connectivity index (χ1n) is 10.2. The summed E-state index contributed by atoms with van der Waals surface area (Å²) >= 11 is 0. The second kappa shape index (κ2) is 7.49. The van der Waals surface area contributed by atoms with Crippen molar-refractivity contribution in [2.75, 3.05) is 6.54 Å². The van der Waals surface area contributed by atoms with Gasteiger partial charge < -0.3 is 16.0 Å². The van der Waals surface area contributed by atoms with E-state index in [0.29, 0.717) is 13.1 Å². The van der Waals surface area contributed by atoms with Gasteiger partial charge in [0.2, 0.25) is 5.91 Å². The second-order valence-electron chi connectivity index (χ2n) is 8.87. The largest absolute Gasteiger partial charge is 0.350 e. The minimum absolute atomic E-state index is 0.0115. The first-order valence-corrected chi connectivity index (χ1v) is 10.2. The lowest BCUT2D eigenvalue weighted by Crippen LogP contribution is -2.61. The van der Waals surface area contributed by atoms with E-state index in [1.54, 1.807) is 6.20 Å². The zero-order valence-corrected chi connectivity index (χ0v) is 16.1. The monoisotopic (exact) mass is 370 g/mol. The molecule has 3 N–H and O–H groups in total. The number of rotatable bonds is 6. The predicted molar refractivity (Wildman–Crippen MR) is 103 cm³/mol. The topological polar surface area (TPSA) is 83.1 Å². The fraction of sp³-hybridized carbons (Fsp3) is 0.667. The van der Waals surface area contributed by atoms with Crippen molar-refractivity contribution in [1.82, 2.24) is 20.9 Å². The Kier molecular flexibility index (Phi) is 5.06. The van der Waals surface area contributed by atoms with Crippen LogP contribution in [0.5, 0.6) is 0 Å². The molecule has 27 heavy (non-hydrogen) atoms. The average Bonchev–Trinajstić information content (AvgIpc) is 2.59. The first kappa shape index (κ1) is 18.3. The van der Waals surface area contributed by atoms with Gasteiger partial charge in [-0.25, -0.2) is 4.79 Å². The molecule has 4 saturated carbocycles. The number of urea groups is 1. The molecule has 4 fully saturated rings. The summed E-state index contributed by atoms with van der Waals surface area (Å²) < 4.78 is 0. The Labute approximate surface area is 160 Å². The van der Waals surface area contributed by atoms with Gasteiger partial charge in [-0.3, -0.25) is 9.78 Å². The molecule has 6 heteroatoms. The van der Waals surface area contributed by atoms with E-state index in [1.807, 2.05) is 19.1 Å². The minimum Gasteiger partial charge on any atom is -0.350 e. The molecule has 0 saturated heterocycles. The molecular formula is C21H30N4O2.